The van der Waals surface area contributed by atoms with E-state index in [2.05, 4.69) is 26.6 Å². The Morgan fingerprint density at radius 1 is 1.67 bits per heavy atom. The average Bonchev–Trinajstić information content (AvgIpc) is 2.90. The van der Waals surface area contributed by atoms with Gasteiger partial charge >= 0.3 is 0 Å². The molecule has 0 aromatic heterocycles. The van der Waals surface area contributed by atoms with E-state index >= 15 is 0 Å². The summed E-state index contributed by atoms with van der Waals surface area (Å²) in [7, 11) is 1.63. The number of benzene rings is 1. The molecule has 0 radical (unpaired) electrons. The molecule has 1 aromatic carbocycles. The van der Waals surface area contributed by atoms with Crippen LogP contribution < -0.4 is 15.4 Å². The zero-order valence-corrected chi connectivity index (χ0v) is 12.4. The summed E-state index contributed by atoms with van der Waals surface area (Å²) >= 11 is 5.17. The molecule has 6 heteroatoms. The van der Waals surface area contributed by atoms with Crippen LogP contribution in [-0.2, 0) is 11.3 Å². The van der Waals surface area contributed by atoms with Crippen molar-refractivity contribution < 1.29 is 9.53 Å². The number of halogens is 1. The zero-order valence-electron chi connectivity index (χ0n) is 10.0. The fraction of sp³-hybridized carbons (Fsp3) is 0.417. The molecule has 0 saturated carbocycles. The summed E-state index contributed by atoms with van der Waals surface area (Å²) in [5, 5.41) is 6.07. The number of ether oxygens (including phenoxy) is 1. The third-order valence-corrected chi connectivity index (χ3v) is 4.28. The number of nitrogens with one attached hydrogen (secondary N) is 2. The van der Waals surface area contributed by atoms with Gasteiger partial charge < -0.3 is 10.1 Å². The molecule has 4 nitrogen and oxygen atoms in total. The second-order valence-corrected chi connectivity index (χ2v) is 5.84. The summed E-state index contributed by atoms with van der Waals surface area (Å²) in [5.41, 5.74) is 1.04. The van der Waals surface area contributed by atoms with E-state index in [9.17, 15) is 4.79 Å². The Labute approximate surface area is 119 Å². The maximum atomic E-state index is 11.8. The Morgan fingerprint density at radius 3 is 3.11 bits per heavy atom. The molecule has 1 heterocycles. The summed E-state index contributed by atoms with van der Waals surface area (Å²) in [6.07, 6.45) is 0. The molecule has 2 N–H and O–H groups in total. The molecule has 1 aliphatic heterocycles. The molecule has 1 fully saturated rings. The van der Waals surface area contributed by atoms with Crippen LogP contribution in [0, 0.1) is 0 Å². The first-order valence-corrected chi connectivity index (χ1v) is 7.56. The lowest BCUT2D eigenvalue weighted by atomic mass is 10.2. The van der Waals surface area contributed by atoms with Gasteiger partial charge in [-0.2, -0.15) is 0 Å². The van der Waals surface area contributed by atoms with Gasteiger partial charge in [-0.25, -0.2) is 0 Å². The summed E-state index contributed by atoms with van der Waals surface area (Å²) < 4.78 is 6.05. The van der Waals surface area contributed by atoms with E-state index in [1.807, 2.05) is 18.2 Å². The van der Waals surface area contributed by atoms with Crippen LogP contribution in [0.3, 0.4) is 0 Å². The number of rotatable bonds is 4. The molecule has 1 saturated heterocycles. The zero-order chi connectivity index (χ0) is 13.0. The van der Waals surface area contributed by atoms with E-state index in [0.29, 0.717) is 6.54 Å². The molecule has 0 aliphatic carbocycles. The first kappa shape index (κ1) is 13.7. The minimum atomic E-state index is -0.0586. The van der Waals surface area contributed by atoms with E-state index < -0.39 is 0 Å². The molecule has 1 amide bonds. The maximum Gasteiger partial charge on any atom is 0.238 e. The first-order valence-electron chi connectivity index (χ1n) is 5.62. The van der Waals surface area contributed by atoms with E-state index in [-0.39, 0.29) is 11.9 Å². The minimum Gasteiger partial charge on any atom is -0.496 e. The SMILES string of the molecule is COc1ccc(CNC(=O)C2CSCN2)cc1Br. The highest BCUT2D eigenvalue weighted by molar-refractivity contribution is 9.10. The highest BCUT2D eigenvalue weighted by atomic mass is 79.9. The second-order valence-electron chi connectivity index (χ2n) is 3.96. The molecule has 1 aliphatic rings. The van der Waals surface area contributed by atoms with Gasteiger partial charge in [0, 0.05) is 18.2 Å². The highest BCUT2D eigenvalue weighted by Gasteiger charge is 2.21. The number of thioether (sulfide) groups is 1. The number of methoxy groups -OCH3 is 1. The molecule has 1 aromatic rings. The quantitative estimate of drug-likeness (QED) is 0.882. The second kappa shape index (κ2) is 6.45. The Balaban J connectivity index is 1.89. The Hall–Kier alpha value is -0.720. The van der Waals surface area contributed by atoms with Gasteiger partial charge in [-0.05, 0) is 33.6 Å². The molecule has 98 valence electrons. The lowest BCUT2D eigenvalue weighted by Gasteiger charge is -2.11. The third-order valence-electron chi connectivity index (χ3n) is 2.72. The third kappa shape index (κ3) is 3.40. The van der Waals surface area contributed by atoms with Crippen LogP contribution in [-0.4, -0.2) is 30.7 Å². The van der Waals surface area contributed by atoms with Crippen molar-refractivity contribution >= 4 is 33.6 Å². The van der Waals surface area contributed by atoms with E-state index in [1.165, 1.54) is 0 Å². The number of carbonyl (C=O) groups is 1. The van der Waals surface area contributed by atoms with Crippen molar-refractivity contribution in [2.75, 3.05) is 18.7 Å². The molecular weight excluding hydrogens is 316 g/mol. The monoisotopic (exact) mass is 330 g/mol. The Kier molecular flexibility index (Phi) is 4.91. The van der Waals surface area contributed by atoms with Gasteiger partial charge in [-0.3, -0.25) is 10.1 Å². The molecule has 0 bridgehead atoms. The highest BCUT2D eigenvalue weighted by Crippen LogP contribution is 2.25. The van der Waals surface area contributed by atoms with Gasteiger partial charge in [-0.1, -0.05) is 6.07 Å². The number of carbonyl (C=O) groups excluding carboxylic acids is 1. The largest absolute Gasteiger partial charge is 0.496 e. The average molecular weight is 331 g/mol. The fourth-order valence-electron chi connectivity index (χ4n) is 1.70. The van der Waals surface area contributed by atoms with E-state index in [1.54, 1.807) is 18.9 Å². The first-order chi connectivity index (χ1) is 8.70. The lowest BCUT2D eigenvalue weighted by Crippen LogP contribution is -2.41. The molecule has 1 unspecified atom stereocenters. The van der Waals surface area contributed by atoms with Crippen molar-refractivity contribution in [3.63, 3.8) is 0 Å². The normalized spacial score (nSPS) is 18.7. The fourth-order valence-corrected chi connectivity index (χ4v) is 3.23. The van der Waals surface area contributed by atoms with Crippen molar-refractivity contribution in [3.8, 4) is 5.75 Å². The van der Waals surface area contributed by atoms with Crippen LogP contribution in [0.2, 0.25) is 0 Å². The number of hydrogen-bond acceptors (Lipinski definition) is 4. The van der Waals surface area contributed by atoms with Crippen molar-refractivity contribution in [2.24, 2.45) is 0 Å². The molecule has 0 spiro atoms. The maximum absolute atomic E-state index is 11.8. The van der Waals surface area contributed by atoms with Crippen LogP contribution in [0.15, 0.2) is 22.7 Å². The van der Waals surface area contributed by atoms with Crippen LogP contribution >= 0.6 is 27.7 Å². The predicted molar refractivity (Wildman–Crippen MR) is 76.8 cm³/mol. The van der Waals surface area contributed by atoms with Crippen molar-refractivity contribution in [2.45, 2.75) is 12.6 Å². The van der Waals surface area contributed by atoms with Crippen molar-refractivity contribution in [1.82, 2.24) is 10.6 Å². The van der Waals surface area contributed by atoms with Crippen LogP contribution in [0.1, 0.15) is 5.56 Å². The van der Waals surface area contributed by atoms with E-state index in [0.717, 1.165) is 27.4 Å². The molecule has 18 heavy (non-hydrogen) atoms. The van der Waals surface area contributed by atoms with Gasteiger partial charge in [0.15, 0.2) is 0 Å². The van der Waals surface area contributed by atoms with Crippen LogP contribution in [0.25, 0.3) is 0 Å². The Bertz CT molecular complexity index is 436. The molecule has 2 rings (SSSR count). The Morgan fingerprint density at radius 2 is 2.50 bits per heavy atom. The van der Waals surface area contributed by atoms with Gasteiger partial charge in [0.25, 0.3) is 0 Å². The molecule has 1 atom stereocenters. The predicted octanol–water partition coefficient (Wildman–Crippen LogP) is 1.74. The number of hydrogen-bond donors (Lipinski definition) is 2. The lowest BCUT2D eigenvalue weighted by molar-refractivity contribution is -0.122. The van der Waals surface area contributed by atoms with Gasteiger partial charge in [0.1, 0.15) is 5.75 Å². The van der Waals surface area contributed by atoms with E-state index in [4.69, 9.17) is 4.74 Å². The molecular formula is C12H15BrN2O2S. The van der Waals surface area contributed by atoms with Crippen molar-refractivity contribution in [3.05, 3.63) is 28.2 Å². The van der Waals surface area contributed by atoms with Crippen molar-refractivity contribution in [1.29, 1.82) is 0 Å². The van der Waals surface area contributed by atoms with Gasteiger partial charge in [0.2, 0.25) is 5.91 Å². The van der Waals surface area contributed by atoms with Gasteiger partial charge in [0.05, 0.1) is 17.6 Å². The minimum absolute atomic E-state index is 0.0586. The smallest absolute Gasteiger partial charge is 0.238 e. The summed E-state index contributed by atoms with van der Waals surface area (Å²) in [6.45, 7) is 0.532. The topological polar surface area (TPSA) is 50.4 Å². The van der Waals surface area contributed by atoms with Gasteiger partial charge in [-0.15, -0.1) is 11.8 Å². The van der Waals surface area contributed by atoms with Crippen LogP contribution in [0.5, 0.6) is 5.75 Å². The standard InChI is InChI=1S/C12H15BrN2O2S/c1-17-11-3-2-8(4-9(11)13)5-14-12(16)10-6-18-7-15-10/h2-4,10,15H,5-7H2,1H3,(H,14,16). The summed E-state index contributed by atoms with van der Waals surface area (Å²) in [6, 6.07) is 5.72. The summed E-state index contributed by atoms with van der Waals surface area (Å²) in [4.78, 5) is 11.8. The number of amides is 1. The summed E-state index contributed by atoms with van der Waals surface area (Å²) in [5.74, 6) is 2.55. The van der Waals surface area contributed by atoms with Crippen LogP contribution in [0.4, 0.5) is 0 Å².